The van der Waals surface area contributed by atoms with E-state index in [1.807, 2.05) is 19.9 Å². The molecule has 23 heavy (non-hydrogen) atoms. The van der Waals surface area contributed by atoms with E-state index in [2.05, 4.69) is 4.72 Å². The molecule has 0 amide bonds. The average molecular weight is 335 g/mol. The van der Waals surface area contributed by atoms with Crippen LogP contribution in [0.3, 0.4) is 0 Å². The van der Waals surface area contributed by atoms with E-state index < -0.39 is 10.0 Å². The van der Waals surface area contributed by atoms with Crippen LogP contribution in [0.5, 0.6) is 11.5 Å². The number of methoxy groups -OCH3 is 1. The fraction of sp³-hybridized carbons (Fsp3) is 0.294. The Morgan fingerprint density at radius 2 is 1.78 bits per heavy atom. The lowest BCUT2D eigenvalue weighted by molar-refractivity contribution is 0.311. The highest BCUT2D eigenvalue weighted by Crippen LogP contribution is 2.31. The number of hydrogen-bond acceptors (Lipinski definition) is 4. The number of sulfonamides is 1. The van der Waals surface area contributed by atoms with Crippen LogP contribution in [0.25, 0.3) is 0 Å². The van der Waals surface area contributed by atoms with Gasteiger partial charge in [0.25, 0.3) is 10.0 Å². The van der Waals surface area contributed by atoms with Crippen molar-refractivity contribution in [1.82, 2.24) is 0 Å². The van der Waals surface area contributed by atoms with Crippen molar-refractivity contribution in [3.05, 3.63) is 47.5 Å². The Labute approximate surface area is 137 Å². The zero-order valence-corrected chi connectivity index (χ0v) is 14.5. The lowest BCUT2D eigenvalue weighted by atomic mass is 10.2. The van der Waals surface area contributed by atoms with Crippen LogP contribution >= 0.6 is 0 Å². The molecular weight excluding hydrogens is 314 g/mol. The summed E-state index contributed by atoms with van der Waals surface area (Å²) in [5.74, 6) is 1.05. The van der Waals surface area contributed by atoms with Crippen LogP contribution in [-0.2, 0) is 10.0 Å². The smallest absolute Gasteiger partial charge is 0.262 e. The molecule has 2 rings (SSSR count). The Morgan fingerprint density at radius 1 is 1.04 bits per heavy atom. The van der Waals surface area contributed by atoms with Gasteiger partial charge in [0.1, 0.15) is 0 Å². The summed E-state index contributed by atoms with van der Waals surface area (Å²) in [6, 6.07) is 10.3. The first-order valence-electron chi connectivity index (χ1n) is 7.28. The molecule has 0 bridgehead atoms. The molecule has 0 heterocycles. The molecule has 0 aromatic heterocycles. The zero-order chi connectivity index (χ0) is 17.0. The van der Waals surface area contributed by atoms with Gasteiger partial charge in [-0.2, -0.15) is 0 Å². The van der Waals surface area contributed by atoms with E-state index >= 15 is 0 Å². The van der Waals surface area contributed by atoms with Gasteiger partial charge in [0.15, 0.2) is 11.5 Å². The van der Waals surface area contributed by atoms with E-state index in [1.54, 1.807) is 37.3 Å². The second-order valence-electron chi connectivity index (χ2n) is 5.17. The molecule has 0 radical (unpaired) electrons. The summed E-state index contributed by atoms with van der Waals surface area (Å²) in [5, 5.41) is 0. The number of aryl methyl sites for hydroxylation is 2. The molecule has 2 aromatic rings. The lowest BCUT2D eigenvalue weighted by Crippen LogP contribution is -2.14. The van der Waals surface area contributed by atoms with Gasteiger partial charge < -0.3 is 9.47 Å². The molecule has 0 unspecified atom stereocenters. The molecule has 6 heteroatoms. The number of nitrogens with one attached hydrogen (secondary N) is 1. The summed E-state index contributed by atoms with van der Waals surface area (Å²) in [6.45, 7) is 6.01. The second kappa shape index (κ2) is 6.91. The Kier molecular flexibility index (Phi) is 5.15. The molecule has 124 valence electrons. The molecule has 0 atom stereocenters. The topological polar surface area (TPSA) is 64.6 Å². The van der Waals surface area contributed by atoms with Crippen molar-refractivity contribution < 1.29 is 17.9 Å². The standard InChI is InChI=1S/C17H21NO4S/c1-5-22-15-9-8-14(11-16(15)21-4)18-23(19,20)17-10-12(2)6-7-13(17)3/h6-11,18H,5H2,1-4H3. The second-order valence-corrected chi connectivity index (χ2v) is 6.82. The number of ether oxygens (including phenoxy) is 2. The summed E-state index contributed by atoms with van der Waals surface area (Å²) in [7, 11) is -2.15. The molecule has 0 aliphatic rings. The maximum atomic E-state index is 12.6. The number of rotatable bonds is 6. The van der Waals surface area contributed by atoms with Crippen LogP contribution in [0.2, 0.25) is 0 Å². The van der Waals surface area contributed by atoms with Crippen molar-refractivity contribution in [2.24, 2.45) is 0 Å². The minimum absolute atomic E-state index is 0.269. The van der Waals surface area contributed by atoms with Gasteiger partial charge in [-0.05, 0) is 50.1 Å². The van der Waals surface area contributed by atoms with Crippen LogP contribution in [0.4, 0.5) is 5.69 Å². The molecule has 0 fully saturated rings. The maximum absolute atomic E-state index is 12.6. The van der Waals surface area contributed by atoms with Crippen molar-refractivity contribution in [3.63, 3.8) is 0 Å². The third kappa shape index (κ3) is 3.96. The van der Waals surface area contributed by atoms with Crippen LogP contribution in [0.15, 0.2) is 41.3 Å². The van der Waals surface area contributed by atoms with E-state index in [1.165, 1.54) is 7.11 Å². The summed E-state index contributed by atoms with van der Waals surface area (Å²) in [6.07, 6.45) is 0. The Morgan fingerprint density at radius 3 is 2.43 bits per heavy atom. The van der Waals surface area contributed by atoms with E-state index in [0.29, 0.717) is 29.4 Å². The van der Waals surface area contributed by atoms with Crippen molar-refractivity contribution in [2.45, 2.75) is 25.7 Å². The quantitative estimate of drug-likeness (QED) is 0.877. The first-order valence-corrected chi connectivity index (χ1v) is 8.76. The maximum Gasteiger partial charge on any atom is 0.262 e. The Bertz CT molecular complexity index is 800. The van der Waals surface area contributed by atoms with Gasteiger partial charge in [0.05, 0.1) is 24.3 Å². The first kappa shape index (κ1) is 17.1. The minimum atomic E-state index is -3.66. The van der Waals surface area contributed by atoms with Gasteiger partial charge in [-0.1, -0.05) is 12.1 Å². The van der Waals surface area contributed by atoms with Gasteiger partial charge in [0, 0.05) is 6.07 Å². The molecular formula is C17H21NO4S. The minimum Gasteiger partial charge on any atom is -0.493 e. The monoisotopic (exact) mass is 335 g/mol. The van der Waals surface area contributed by atoms with Gasteiger partial charge >= 0.3 is 0 Å². The zero-order valence-electron chi connectivity index (χ0n) is 13.7. The van der Waals surface area contributed by atoms with Gasteiger partial charge in [-0.3, -0.25) is 4.72 Å². The fourth-order valence-electron chi connectivity index (χ4n) is 2.21. The molecule has 0 saturated carbocycles. The third-order valence-corrected chi connectivity index (χ3v) is 4.87. The molecule has 0 saturated heterocycles. The summed E-state index contributed by atoms with van der Waals surface area (Å²) in [4.78, 5) is 0.269. The van der Waals surface area contributed by atoms with Crippen LogP contribution in [-0.4, -0.2) is 22.1 Å². The predicted octanol–water partition coefficient (Wildman–Crippen LogP) is 3.51. The normalized spacial score (nSPS) is 11.1. The largest absolute Gasteiger partial charge is 0.493 e. The SMILES string of the molecule is CCOc1ccc(NS(=O)(=O)c2cc(C)ccc2C)cc1OC. The van der Waals surface area contributed by atoms with Crippen molar-refractivity contribution in [1.29, 1.82) is 0 Å². The summed E-state index contributed by atoms with van der Waals surface area (Å²) >= 11 is 0. The Hall–Kier alpha value is -2.21. The number of hydrogen-bond donors (Lipinski definition) is 1. The van der Waals surface area contributed by atoms with E-state index in [9.17, 15) is 8.42 Å². The summed E-state index contributed by atoms with van der Waals surface area (Å²) < 4.78 is 38.5. The van der Waals surface area contributed by atoms with Crippen LogP contribution < -0.4 is 14.2 Å². The van der Waals surface area contributed by atoms with E-state index in [4.69, 9.17) is 9.47 Å². The van der Waals surface area contributed by atoms with Crippen LogP contribution in [0, 0.1) is 13.8 Å². The molecule has 5 nitrogen and oxygen atoms in total. The van der Waals surface area contributed by atoms with Crippen LogP contribution in [0.1, 0.15) is 18.1 Å². The van der Waals surface area contributed by atoms with Gasteiger partial charge in [0.2, 0.25) is 0 Å². The van der Waals surface area contributed by atoms with Crippen molar-refractivity contribution >= 4 is 15.7 Å². The highest BCUT2D eigenvalue weighted by molar-refractivity contribution is 7.92. The third-order valence-electron chi connectivity index (χ3n) is 3.35. The van der Waals surface area contributed by atoms with Gasteiger partial charge in [-0.25, -0.2) is 8.42 Å². The molecule has 1 N–H and O–H groups in total. The lowest BCUT2D eigenvalue weighted by Gasteiger charge is -2.14. The first-order chi connectivity index (χ1) is 10.9. The molecule has 0 spiro atoms. The van der Waals surface area contributed by atoms with E-state index in [-0.39, 0.29) is 4.90 Å². The molecule has 2 aromatic carbocycles. The number of anilines is 1. The Balaban J connectivity index is 2.35. The molecule has 0 aliphatic carbocycles. The fourth-order valence-corrected chi connectivity index (χ4v) is 3.59. The highest BCUT2D eigenvalue weighted by atomic mass is 32.2. The van der Waals surface area contributed by atoms with Gasteiger partial charge in [-0.15, -0.1) is 0 Å². The highest BCUT2D eigenvalue weighted by Gasteiger charge is 2.18. The average Bonchev–Trinajstić information content (AvgIpc) is 2.51. The summed E-state index contributed by atoms with van der Waals surface area (Å²) in [5.41, 5.74) is 2.01. The number of benzene rings is 2. The molecule has 0 aliphatic heterocycles. The van der Waals surface area contributed by atoms with E-state index in [0.717, 1.165) is 5.56 Å². The van der Waals surface area contributed by atoms with Crippen molar-refractivity contribution in [3.8, 4) is 11.5 Å². The van der Waals surface area contributed by atoms with Crippen molar-refractivity contribution in [2.75, 3.05) is 18.4 Å². The predicted molar refractivity (Wildman–Crippen MR) is 90.9 cm³/mol.